The van der Waals surface area contributed by atoms with Gasteiger partial charge in [-0.05, 0) is 40.0 Å². The SMILES string of the molecule is CCCC(C)OC(=O)CC(C(=O)OC(C)CCC)C(C)C(=O)OC(C)CCC. The van der Waals surface area contributed by atoms with Crippen LogP contribution in [0.25, 0.3) is 0 Å². The predicted molar refractivity (Wildman–Crippen MR) is 109 cm³/mol. The molecule has 0 spiro atoms. The Labute approximate surface area is 170 Å². The van der Waals surface area contributed by atoms with E-state index in [1.807, 2.05) is 41.5 Å². The van der Waals surface area contributed by atoms with Crippen LogP contribution in [0.15, 0.2) is 0 Å². The first-order valence-electron chi connectivity index (χ1n) is 10.8. The Morgan fingerprint density at radius 2 is 1.04 bits per heavy atom. The highest BCUT2D eigenvalue weighted by atomic mass is 16.6. The van der Waals surface area contributed by atoms with Gasteiger partial charge in [-0.2, -0.15) is 0 Å². The molecule has 0 bridgehead atoms. The molecule has 28 heavy (non-hydrogen) atoms. The summed E-state index contributed by atoms with van der Waals surface area (Å²) >= 11 is 0. The largest absolute Gasteiger partial charge is 0.463 e. The molecule has 0 amide bonds. The summed E-state index contributed by atoms with van der Waals surface area (Å²) in [4.78, 5) is 37.5. The van der Waals surface area contributed by atoms with Crippen LogP contribution in [0.1, 0.15) is 93.4 Å². The van der Waals surface area contributed by atoms with Gasteiger partial charge in [0.25, 0.3) is 0 Å². The Hall–Kier alpha value is -1.59. The smallest absolute Gasteiger partial charge is 0.310 e. The molecule has 5 atom stereocenters. The maximum Gasteiger partial charge on any atom is 0.310 e. The van der Waals surface area contributed by atoms with E-state index in [1.54, 1.807) is 6.92 Å². The second-order valence-corrected chi connectivity index (χ2v) is 7.76. The molecule has 0 radical (unpaired) electrons. The van der Waals surface area contributed by atoms with Gasteiger partial charge < -0.3 is 14.2 Å². The maximum atomic E-state index is 12.7. The van der Waals surface area contributed by atoms with Crippen LogP contribution in [-0.2, 0) is 28.6 Å². The molecular formula is C22H40O6. The molecule has 164 valence electrons. The van der Waals surface area contributed by atoms with Gasteiger partial charge in [-0.1, -0.05) is 47.0 Å². The molecule has 6 nitrogen and oxygen atoms in total. The summed E-state index contributed by atoms with van der Waals surface area (Å²) < 4.78 is 16.3. The van der Waals surface area contributed by atoms with Gasteiger partial charge in [-0.3, -0.25) is 14.4 Å². The molecule has 0 heterocycles. The summed E-state index contributed by atoms with van der Waals surface area (Å²) in [5.74, 6) is -3.22. The van der Waals surface area contributed by atoms with Crippen molar-refractivity contribution in [3.05, 3.63) is 0 Å². The highest BCUT2D eigenvalue weighted by Crippen LogP contribution is 2.23. The standard InChI is InChI=1S/C22H40O6/c1-8-11-15(4)26-20(23)14-19(22(25)28-17(6)13-10-3)18(7)21(24)27-16(5)12-9-2/h15-19H,8-14H2,1-7H3. The molecule has 0 saturated heterocycles. The molecule has 0 aromatic rings. The molecule has 0 aromatic carbocycles. The Kier molecular flexibility index (Phi) is 13.6. The summed E-state index contributed by atoms with van der Waals surface area (Å²) in [5, 5.41) is 0. The molecule has 5 unspecified atom stereocenters. The molecule has 0 aromatic heterocycles. The van der Waals surface area contributed by atoms with Crippen LogP contribution in [0, 0.1) is 11.8 Å². The van der Waals surface area contributed by atoms with Crippen molar-refractivity contribution in [1.82, 2.24) is 0 Å². The van der Waals surface area contributed by atoms with Gasteiger partial charge in [0.1, 0.15) is 0 Å². The highest BCUT2D eigenvalue weighted by Gasteiger charge is 2.36. The zero-order chi connectivity index (χ0) is 21.7. The number of rotatable bonds is 14. The third kappa shape index (κ3) is 10.7. The lowest BCUT2D eigenvalue weighted by molar-refractivity contribution is -0.169. The van der Waals surface area contributed by atoms with Crippen LogP contribution >= 0.6 is 0 Å². The van der Waals surface area contributed by atoms with E-state index in [9.17, 15) is 14.4 Å². The van der Waals surface area contributed by atoms with Gasteiger partial charge in [0.15, 0.2) is 0 Å². The summed E-state index contributed by atoms with van der Waals surface area (Å²) in [6.07, 6.45) is 3.98. The Morgan fingerprint density at radius 3 is 1.46 bits per heavy atom. The number of ether oxygens (including phenoxy) is 3. The van der Waals surface area contributed by atoms with Gasteiger partial charge >= 0.3 is 17.9 Å². The fourth-order valence-electron chi connectivity index (χ4n) is 3.07. The number of carbonyl (C=O) groups excluding carboxylic acids is 3. The average Bonchev–Trinajstić information content (AvgIpc) is 2.59. The van der Waals surface area contributed by atoms with Crippen molar-refractivity contribution < 1.29 is 28.6 Å². The van der Waals surface area contributed by atoms with Crippen LogP contribution in [0.2, 0.25) is 0 Å². The summed E-state index contributed by atoms with van der Waals surface area (Å²) in [7, 11) is 0. The molecule has 0 N–H and O–H groups in total. The van der Waals surface area contributed by atoms with E-state index >= 15 is 0 Å². The minimum atomic E-state index is -0.915. The van der Waals surface area contributed by atoms with Crippen LogP contribution in [-0.4, -0.2) is 36.2 Å². The Balaban J connectivity index is 5.16. The van der Waals surface area contributed by atoms with E-state index in [0.717, 1.165) is 38.5 Å². The zero-order valence-electron chi connectivity index (χ0n) is 18.8. The lowest BCUT2D eigenvalue weighted by Crippen LogP contribution is -2.35. The minimum Gasteiger partial charge on any atom is -0.463 e. The van der Waals surface area contributed by atoms with E-state index in [4.69, 9.17) is 14.2 Å². The second-order valence-electron chi connectivity index (χ2n) is 7.76. The lowest BCUT2D eigenvalue weighted by Gasteiger charge is -2.24. The van der Waals surface area contributed by atoms with Crippen LogP contribution in [0.3, 0.4) is 0 Å². The second kappa shape index (κ2) is 14.4. The fraction of sp³-hybridized carbons (Fsp3) is 0.864. The van der Waals surface area contributed by atoms with Crippen LogP contribution in [0.5, 0.6) is 0 Å². The first-order valence-corrected chi connectivity index (χ1v) is 10.8. The zero-order valence-corrected chi connectivity index (χ0v) is 18.8. The van der Waals surface area contributed by atoms with E-state index in [-0.39, 0.29) is 24.7 Å². The molecular weight excluding hydrogens is 360 g/mol. The van der Waals surface area contributed by atoms with Gasteiger partial charge in [0, 0.05) is 0 Å². The molecule has 6 heteroatoms. The number of carbonyl (C=O) groups is 3. The topological polar surface area (TPSA) is 78.9 Å². The van der Waals surface area contributed by atoms with Gasteiger partial charge in [-0.15, -0.1) is 0 Å². The molecule has 0 aliphatic carbocycles. The first kappa shape index (κ1) is 26.4. The van der Waals surface area contributed by atoms with Gasteiger partial charge in [-0.25, -0.2) is 0 Å². The van der Waals surface area contributed by atoms with Crippen molar-refractivity contribution in [1.29, 1.82) is 0 Å². The number of esters is 3. The molecule has 0 fully saturated rings. The summed E-state index contributed by atoms with van der Waals surface area (Å²) in [5.41, 5.74) is 0. The molecule has 0 saturated carbocycles. The van der Waals surface area contributed by atoms with Crippen molar-refractivity contribution in [2.24, 2.45) is 11.8 Å². The van der Waals surface area contributed by atoms with E-state index in [0.29, 0.717) is 0 Å². The molecule has 0 rings (SSSR count). The van der Waals surface area contributed by atoms with E-state index in [2.05, 4.69) is 0 Å². The molecule has 0 aliphatic rings. The fourth-order valence-corrected chi connectivity index (χ4v) is 3.07. The van der Waals surface area contributed by atoms with Crippen LogP contribution < -0.4 is 0 Å². The lowest BCUT2D eigenvalue weighted by atomic mass is 9.90. The van der Waals surface area contributed by atoms with Crippen molar-refractivity contribution in [2.75, 3.05) is 0 Å². The summed E-state index contributed by atoms with van der Waals surface area (Å²) in [6, 6.07) is 0. The van der Waals surface area contributed by atoms with E-state index in [1.165, 1.54) is 0 Å². The van der Waals surface area contributed by atoms with Gasteiger partial charge in [0.2, 0.25) is 0 Å². The Bertz CT molecular complexity index is 476. The monoisotopic (exact) mass is 400 g/mol. The number of hydrogen-bond donors (Lipinski definition) is 0. The average molecular weight is 401 g/mol. The van der Waals surface area contributed by atoms with E-state index < -0.39 is 29.7 Å². The van der Waals surface area contributed by atoms with Crippen molar-refractivity contribution in [3.63, 3.8) is 0 Å². The minimum absolute atomic E-state index is 0.190. The third-order valence-electron chi connectivity index (χ3n) is 4.72. The summed E-state index contributed by atoms with van der Waals surface area (Å²) in [6.45, 7) is 13.1. The third-order valence-corrected chi connectivity index (χ3v) is 4.72. The van der Waals surface area contributed by atoms with Crippen molar-refractivity contribution >= 4 is 17.9 Å². The normalized spacial score (nSPS) is 16.4. The maximum absolute atomic E-state index is 12.7. The number of hydrogen-bond acceptors (Lipinski definition) is 6. The quantitative estimate of drug-likeness (QED) is 0.307. The van der Waals surface area contributed by atoms with Gasteiger partial charge in [0.05, 0.1) is 36.6 Å². The molecule has 0 aliphatic heterocycles. The Morgan fingerprint density at radius 1 is 0.643 bits per heavy atom. The first-order chi connectivity index (χ1) is 13.2. The highest BCUT2D eigenvalue weighted by molar-refractivity contribution is 5.85. The van der Waals surface area contributed by atoms with Crippen LogP contribution in [0.4, 0.5) is 0 Å². The predicted octanol–water partition coefficient (Wildman–Crippen LogP) is 4.82. The van der Waals surface area contributed by atoms with Crippen molar-refractivity contribution in [2.45, 2.75) is 112 Å². The van der Waals surface area contributed by atoms with Crippen molar-refractivity contribution in [3.8, 4) is 0 Å².